The molecule has 0 unspecified atom stereocenters. The number of pyridine rings is 1. The molecule has 0 amide bonds. The highest BCUT2D eigenvalue weighted by Crippen LogP contribution is 2.17. The van der Waals surface area contributed by atoms with Gasteiger partial charge < -0.3 is 20.3 Å². The van der Waals surface area contributed by atoms with Gasteiger partial charge in [-0.3, -0.25) is 4.99 Å². The third-order valence-electron chi connectivity index (χ3n) is 4.47. The Labute approximate surface area is 181 Å². The molecule has 2 rings (SSSR count). The fourth-order valence-corrected chi connectivity index (χ4v) is 2.89. The Hall–Kier alpha value is -1.30. The van der Waals surface area contributed by atoms with Gasteiger partial charge in [0.25, 0.3) is 0 Å². The van der Waals surface area contributed by atoms with Gasteiger partial charge in [-0.1, -0.05) is 6.07 Å². The molecule has 1 aromatic heterocycles. The number of aliphatic imine (C=N–C) groups is 1. The van der Waals surface area contributed by atoms with Gasteiger partial charge >= 0.3 is 6.18 Å². The van der Waals surface area contributed by atoms with Gasteiger partial charge in [0, 0.05) is 51.0 Å². The van der Waals surface area contributed by atoms with Crippen LogP contribution in [0.5, 0.6) is 5.88 Å². The van der Waals surface area contributed by atoms with Gasteiger partial charge in [-0.05, 0) is 32.3 Å². The number of piperidine rings is 1. The number of nitrogens with zero attached hydrogens (tertiary/aromatic N) is 3. The molecule has 1 aliphatic rings. The zero-order chi connectivity index (χ0) is 19.9. The summed E-state index contributed by atoms with van der Waals surface area (Å²) in [5.41, 5.74) is 0.826. The molecular formula is C18H29F3IN5O. The van der Waals surface area contributed by atoms with Crippen molar-refractivity contribution in [3.05, 3.63) is 23.9 Å². The van der Waals surface area contributed by atoms with E-state index in [1.807, 2.05) is 0 Å². The Morgan fingerprint density at radius 3 is 2.50 bits per heavy atom. The maximum absolute atomic E-state index is 12.1. The Balaban J connectivity index is 0.00000392. The highest BCUT2D eigenvalue weighted by molar-refractivity contribution is 14.0. The third kappa shape index (κ3) is 8.80. The monoisotopic (exact) mass is 515 g/mol. The summed E-state index contributed by atoms with van der Waals surface area (Å²) in [4.78, 5) is 10.6. The van der Waals surface area contributed by atoms with Crippen LogP contribution in [0.2, 0.25) is 0 Å². The van der Waals surface area contributed by atoms with E-state index in [4.69, 9.17) is 0 Å². The SMILES string of the molecule is CN=C(NCc1ccc(OCC(F)(F)F)nc1)NC1CCN(C(C)C)CC1.I. The minimum absolute atomic E-state index is 0. The largest absolute Gasteiger partial charge is 0.468 e. The lowest BCUT2D eigenvalue weighted by atomic mass is 10.0. The van der Waals surface area contributed by atoms with Crippen molar-refractivity contribution in [2.45, 2.75) is 51.5 Å². The van der Waals surface area contributed by atoms with Crippen molar-refractivity contribution in [3.8, 4) is 5.88 Å². The Morgan fingerprint density at radius 2 is 2.00 bits per heavy atom. The maximum atomic E-state index is 12.1. The molecule has 10 heteroatoms. The first-order valence-electron chi connectivity index (χ1n) is 9.12. The quantitative estimate of drug-likeness (QED) is 0.347. The number of likely N-dealkylation sites (tertiary alicyclic amines) is 1. The summed E-state index contributed by atoms with van der Waals surface area (Å²) >= 11 is 0. The molecule has 0 aliphatic carbocycles. The van der Waals surface area contributed by atoms with Crippen LogP contribution in [0.25, 0.3) is 0 Å². The molecule has 0 spiro atoms. The van der Waals surface area contributed by atoms with Gasteiger partial charge in [0.05, 0.1) is 0 Å². The second kappa shape index (κ2) is 11.6. The Bertz CT molecular complexity index is 602. The van der Waals surface area contributed by atoms with Gasteiger partial charge in [-0.2, -0.15) is 13.2 Å². The number of hydrogen-bond acceptors (Lipinski definition) is 4. The lowest BCUT2D eigenvalue weighted by molar-refractivity contribution is -0.154. The van der Waals surface area contributed by atoms with Crippen LogP contribution in [0.4, 0.5) is 13.2 Å². The highest BCUT2D eigenvalue weighted by atomic mass is 127. The van der Waals surface area contributed by atoms with E-state index in [1.165, 1.54) is 12.3 Å². The molecule has 2 N–H and O–H groups in total. The number of guanidine groups is 1. The molecule has 160 valence electrons. The van der Waals surface area contributed by atoms with Gasteiger partial charge in [-0.15, -0.1) is 24.0 Å². The predicted octanol–water partition coefficient (Wildman–Crippen LogP) is 3.18. The second-order valence-corrected chi connectivity index (χ2v) is 6.88. The Morgan fingerprint density at radius 1 is 1.32 bits per heavy atom. The van der Waals surface area contributed by atoms with E-state index in [1.54, 1.807) is 13.1 Å². The van der Waals surface area contributed by atoms with Gasteiger partial charge in [0.2, 0.25) is 5.88 Å². The molecule has 0 aromatic carbocycles. The first-order valence-corrected chi connectivity index (χ1v) is 9.12. The molecule has 1 fully saturated rings. The second-order valence-electron chi connectivity index (χ2n) is 6.88. The van der Waals surface area contributed by atoms with Crippen molar-refractivity contribution in [1.82, 2.24) is 20.5 Å². The highest BCUT2D eigenvalue weighted by Gasteiger charge is 2.28. The van der Waals surface area contributed by atoms with Gasteiger partial charge in [-0.25, -0.2) is 4.98 Å². The average Bonchev–Trinajstić information content (AvgIpc) is 2.64. The van der Waals surface area contributed by atoms with Crippen LogP contribution in [-0.4, -0.2) is 60.8 Å². The molecule has 2 heterocycles. The predicted molar refractivity (Wildman–Crippen MR) is 114 cm³/mol. The van der Waals surface area contributed by atoms with E-state index in [2.05, 4.69) is 44.1 Å². The molecule has 1 saturated heterocycles. The zero-order valence-electron chi connectivity index (χ0n) is 16.4. The van der Waals surface area contributed by atoms with Crippen molar-refractivity contribution >= 4 is 29.9 Å². The molecule has 1 aliphatic heterocycles. The van der Waals surface area contributed by atoms with Crippen LogP contribution >= 0.6 is 24.0 Å². The van der Waals surface area contributed by atoms with Crippen LogP contribution in [-0.2, 0) is 6.54 Å². The molecule has 0 radical (unpaired) electrons. The van der Waals surface area contributed by atoms with E-state index < -0.39 is 12.8 Å². The lowest BCUT2D eigenvalue weighted by Crippen LogP contribution is -2.49. The minimum atomic E-state index is -4.37. The summed E-state index contributed by atoms with van der Waals surface area (Å²) in [6.07, 6.45) is -0.754. The number of halogens is 4. The molecule has 28 heavy (non-hydrogen) atoms. The van der Waals surface area contributed by atoms with Crippen molar-refractivity contribution in [1.29, 1.82) is 0 Å². The first kappa shape index (κ1) is 24.7. The van der Waals surface area contributed by atoms with Crippen molar-refractivity contribution in [2.75, 3.05) is 26.7 Å². The molecule has 0 bridgehead atoms. The summed E-state index contributed by atoms with van der Waals surface area (Å²) in [5.74, 6) is 0.658. The normalized spacial score (nSPS) is 16.6. The topological polar surface area (TPSA) is 61.8 Å². The molecule has 0 saturated carbocycles. The number of hydrogen-bond donors (Lipinski definition) is 2. The van der Waals surface area contributed by atoms with Crippen LogP contribution in [0, 0.1) is 0 Å². The van der Waals surface area contributed by atoms with Crippen LogP contribution < -0.4 is 15.4 Å². The first-order chi connectivity index (χ1) is 12.8. The number of aromatic nitrogens is 1. The van der Waals surface area contributed by atoms with Crippen LogP contribution in [0.1, 0.15) is 32.3 Å². The smallest absolute Gasteiger partial charge is 0.422 e. The average molecular weight is 515 g/mol. The third-order valence-corrected chi connectivity index (χ3v) is 4.47. The summed E-state index contributed by atoms with van der Waals surface area (Å²) < 4.78 is 41.0. The van der Waals surface area contributed by atoms with E-state index in [0.717, 1.165) is 31.5 Å². The van der Waals surface area contributed by atoms with Crippen molar-refractivity contribution in [2.24, 2.45) is 4.99 Å². The van der Waals surface area contributed by atoms with Crippen molar-refractivity contribution in [3.63, 3.8) is 0 Å². The van der Waals surface area contributed by atoms with E-state index in [9.17, 15) is 13.2 Å². The zero-order valence-corrected chi connectivity index (χ0v) is 18.8. The summed E-state index contributed by atoms with van der Waals surface area (Å²) in [7, 11) is 1.71. The summed E-state index contributed by atoms with van der Waals surface area (Å²) in [6, 6.07) is 4.06. The maximum Gasteiger partial charge on any atom is 0.422 e. The van der Waals surface area contributed by atoms with E-state index >= 15 is 0 Å². The fraction of sp³-hybridized carbons (Fsp3) is 0.667. The Kier molecular flexibility index (Phi) is 10.3. The molecule has 0 atom stereocenters. The van der Waals surface area contributed by atoms with E-state index in [0.29, 0.717) is 24.6 Å². The number of alkyl halides is 3. The van der Waals surface area contributed by atoms with Crippen LogP contribution in [0.15, 0.2) is 23.3 Å². The molecule has 6 nitrogen and oxygen atoms in total. The number of ether oxygens (including phenoxy) is 1. The van der Waals surface area contributed by atoms with Gasteiger partial charge in [0.15, 0.2) is 12.6 Å². The summed E-state index contributed by atoms with van der Waals surface area (Å²) in [5, 5.41) is 6.63. The fourth-order valence-electron chi connectivity index (χ4n) is 2.89. The lowest BCUT2D eigenvalue weighted by Gasteiger charge is -2.35. The number of rotatable bonds is 6. The summed E-state index contributed by atoms with van der Waals surface area (Å²) in [6.45, 7) is 5.68. The molecule has 1 aromatic rings. The molecular weight excluding hydrogens is 486 g/mol. The minimum Gasteiger partial charge on any atom is -0.468 e. The van der Waals surface area contributed by atoms with Crippen LogP contribution in [0.3, 0.4) is 0 Å². The standard InChI is InChI=1S/C18H28F3N5O.HI/c1-13(2)26-8-6-15(7-9-26)25-17(22-3)24-11-14-4-5-16(23-10-14)27-12-18(19,20)21;/h4-5,10,13,15H,6-9,11-12H2,1-3H3,(H2,22,24,25);1H. The van der Waals surface area contributed by atoms with Gasteiger partial charge in [0.1, 0.15) is 0 Å². The number of nitrogens with one attached hydrogen (secondary N) is 2. The van der Waals surface area contributed by atoms with E-state index in [-0.39, 0.29) is 29.9 Å². The van der Waals surface area contributed by atoms with Crippen molar-refractivity contribution < 1.29 is 17.9 Å².